The number of nitrogens with zero attached hydrogens (tertiary/aromatic N) is 2. The first-order valence-electron chi connectivity index (χ1n) is 5.85. The number of oxime groups is 1. The Kier molecular flexibility index (Phi) is 4.43. The molecule has 0 unspecified atom stereocenters. The minimum atomic E-state index is -0.453. The van der Waals surface area contributed by atoms with Gasteiger partial charge in [-0.15, -0.1) is 0 Å². The van der Waals surface area contributed by atoms with Crippen LogP contribution in [-0.4, -0.2) is 35.3 Å². The van der Waals surface area contributed by atoms with E-state index >= 15 is 0 Å². The molecule has 1 aromatic carbocycles. The first-order chi connectivity index (χ1) is 9.19. The predicted octanol–water partition coefficient (Wildman–Crippen LogP) is 1.73. The molecule has 1 heterocycles. The summed E-state index contributed by atoms with van der Waals surface area (Å²) in [5.74, 6) is 0. The molecule has 0 amide bonds. The highest BCUT2D eigenvalue weighted by atomic mass is 16.7. The van der Waals surface area contributed by atoms with Gasteiger partial charge in [0, 0.05) is 25.0 Å². The molecule has 0 atom stereocenters. The van der Waals surface area contributed by atoms with Crippen LogP contribution in [0, 0.1) is 10.1 Å². The lowest BCUT2D eigenvalue weighted by atomic mass is 10.1. The third kappa shape index (κ3) is 3.73. The van der Waals surface area contributed by atoms with Gasteiger partial charge in [0.05, 0.1) is 23.8 Å². The number of rotatable bonds is 5. The molecule has 1 N–H and O–H groups in total. The van der Waals surface area contributed by atoms with E-state index in [9.17, 15) is 10.1 Å². The lowest BCUT2D eigenvalue weighted by Crippen LogP contribution is -2.16. The van der Waals surface area contributed by atoms with Crippen molar-refractivity contribution in [3.8, 4) is 0 Å². The van der Waals surface area contributed by atoms with Crippen LogP contribution in [-0.2, 0) is 15.9 Å². The Bertz CT molecular complexity index is 466. The highest BCUT2D eigenvalue weighted by Crippen LogP contribution is 2.15. The van der Waals surface area contributed by atoms with Crippen LogP contribution in [0.1, 0.15) is 12.0 Å². The largest absolute Gasteiger partial charge is 0.411 e. The second kappa shape index (κ2) is 6.26. The Labute approximate surface area is 109 Å². The lowest BCUT2D eigenvalue weighted by Gasteiger charge is -2.10. The van der Waals surface area contributed by atoms with Crippen LogP contribution in [0.4, 0.5) is 5.69 Å². The van der Waals surface area contributed by atoms with Gasteiger partial charge in [-0.1, -0.05) is 17.3 Å². The Balaban J connectivity index is 1.95. The molecule has 1 aliphatic heterocycles. The number of nitro groups is 1. The number of nitro benzene ring substituents is 1. The maximum Gasteiger partial charge on any atom is 0.269 e. The summed E-state index contributed by atoms with van der Waals surface area (Å²) in [5.41, 5.74) is 1.38. The molecule has 1 fully saturated rings. The summed E-state index contributed by atoms with van der Waals surface area (Å²) in [6.45, 7) is 1.09. The minimum absolute atomic E-state index is 0.0358. The lowest BCUT2D eigenvalue weighted by molar-refractivity contribution is -0.384. The molecule has 7 heteroatoms. The quantitative estimate of drug-likeness (QED) is 0.379. The van der Waals surface area contributed by atoms with Crippen LogP contribution in [0.25, 0.3) is 0 Å². The molecule has 0 radical (unpaired) electrons. The summed E-state index contributed by atoms with van der Waals surface area (Å²) < 4.78 is 10.5. The molecule has 1 aliphatic rings. The maximum absolute atomic E-state index is 10.5. The SMILES string of the molecule is O=[N+]([O-])c1ccc(C/C(CC2OCCO2)=N/O)cc1. The summed E-state index contributed by atoms with van der Waals surface area (Å²) in [6.07, 6.45) is 0.412. The number of ether oxygens (including phenoxy) is 2. The van der Waals surface area contributed by atoms with E-state index in [1.54, 1.807) is 12.1 Å². The molecule has 1 saturated heterocycles. The molecular formula is C12H14N2O5. The average molecular weight is 266 g/mol. The van der Waals surface area contributed by atoms with Crippen LogP contribution < -0.4 is 0 Å². The molecule has 0 aliphatic carbocycles. The Morgan fingerprint density at radius 3 is 2.53 bits per heavy atom. The zero-order chi connectivity index (χ0) is 13.7. The van der Waals surface area contributed by atoms with Crippen molar-refractivity contribution in [2.75, 3.05) is 13.2 Å². The minimum Gasteiger partial charge on any atom is -0.411 e. The van der Waals surface area contributed by atoms with Gasteiger partial charge in [-0.05, 0) is 5.56 Å². The van der Waals surface area contributed by atoms with Gasteiger partial charge in [-0.2, -0.15) is 0 Å². The average Bonchev–Trinajstić information content (AvgIpc) is 2.91. The van der Waals surface area contributed by atoms with Gasteiger partial charge in [-0.25, -0.2) is 0 Å². The molecule has 102 valence electrons. The number of non-ortho nitro benzene ring substituents is 1. The maximum atomic E-state index is 10.5. The van der Waals surface area contributed by atoms with Crippen molar-refractivity contribution in [2.24, 2.45) is 5.16 Å². The molecule has 1 aromatic rings. The highest BCUT2D eigenvalue weighted by Gasteiger charge is 2.19. The summed E-state index contributed by atoms with van der Waals surface area (Å²) in [5, 5.41) is 22.7. The summed E-state index contributed by atoms with van der Waals surface area (Å²) in [6, 6.07) is 6.12. The van der Waals surface area contributed by atoms with Crippen molar-refractivity contribution < 1.29 is 19.6 Å². The van der Waals surface area contributed by atoms with E-state index in [1.807, 2.05) is 0 Å². The van der Waals surface area contributed by atoms with E-state index in [4.69, 9.17) is 14.7 Å². The summed E-state index contributed by atoms with van der Waals surface area (Å²) >= 11 is 0. The van der Waals surface area contributed by atoms with Gasteiger partial charge in [0.25, 0.3) is 5.69 Å². The Hall–Kier alpha value is -1.99. The fourth-order valence-corrected chi connectivity index (χ4v) is 1.84. The first kappa shape index (κ1) is 13.4. The second-order valence-corrected chi connectivity index (χ2v) is 4.14. The van der Waals surface area contributed by atoms with Crippen LogP contribution in [0.2, 0.25) is 0 Å². The molecule has 0 spiro atoms. The van der Waals surface area contributed by atoms with E-state index in [1.165, 1.54) is 12.1 Å². The van der Waals surface area contributed by atoms with E-state index in [0.717, 1.165) is 5.56 Å². The number of benzene rings is 1. The van der Waals surface area contributed by atoms with Crippen LogP contribution in [0.15, 0.2) is 29.4 Å². The third-order valence-electron chi connectivity index (χ3n) is 2.79. The molecule has 19 heavy (non-hydrogen) atoms. The third-order valence-corrected chi connectivity index (χ3v) is 2.79. The number of hydrogen-bond donors (Lipinski definition) is 1. The topological polar surface area (TPSA) is 94.2 Å². The van der Waals surface area contributed by atoms with Gasteiger partial charge in [-0.3, -0.25) is 10.1 Å². The predicted molar refractivity (Wildman–Crippen MR) is 66.3 cm³/mol. The molecule has 0 saturated carbocycles. The van der Waals surface area contributed by atoms with Crippen molar-refractivity contribution in [3.63, 3.8) is 0 Å². The normalized spacial score (nSPS) is 16.7. The van der Waals surface area contributed by atoms with Gasteiger partial charge >= 0.3 is 0 Å². The van der Waals surface area contributed by atoms with E-state index in [-0.39, 0.29) is 12.0 Å². The monoisotopic (exact) mass is 266 g/mol. The standard InChI is InChI=1S/C12H14N2O5/c15-13-10(8-12-18-5-6-19-12)7-9-1-3-11(4-2-9)14(16)17/h1-4,12,15H,5-8H2/b13-10-. The first-order valence-corrected chi connectivity index (χ1v) is 5.85. The molecule has 0 aromatic heterocycles. The van der Waals surface area contributed by atoms with E-state index in [2.05, 4.69) is 5.16 Å². The molecule has 2 rings (SSSR count). The van der Waals surface area contributed by atoms with E-state index < -0.39 is 4.92 Å². The fraction of sp³-hybridized carbons (Fsp3) is 0.417. The van der Waals surface area contributed by atoms with Gasteiger partial charge in [0.15, 0.2) is 6.29 Å². The summed E-state index contributed by atoms with van der Waals surface area (Å²) in [4.78, 5) is 10.1. The molecule has 7 nitrogen and oxygen atoms in total. The van der Waals surface area contributed by atoms with Gasteiger partial charge in [0.2, 0.25) is 0 Å². The van der Waals surface area contributed by atoms with Crippen molar-refractivity contribution in [1.29, 1.82) is 0 Å². The Morgan fingerprint density at radius 1 is 1.37 bits per heavy atom. The summed E-state index contributed by atoms with van der Waals surface area (Å²) in [7, 11) is 0. The van der Waals surface area contributed by atoms with Crippen LogP contribution >= 0.6 is 0 Å². The van der Waals surface area contributed by atoms with Crippen molar-refractivity contribution >= 4 is 11.4 Å². The van der Waals surface area contributed by atoms with Crippen molar-refractivity contribution in [2.45, 2.75) is 19.1 Å². The fourth-order valence-electron chi connectivity index (χ4n) is 1.84. The zero-order valence-electron chi connectivity index (χ0n) is 10.2. The van der Waals surface area contributed by atoms with E-state index in [0.29, 0.717) is 31.8 Å². The smallest absolute Gasteiger partial charge is 0.269 e. The molecule has 0 bridgehead atoms. The van der Waals surface area contributed by atoms with Crippen molar-refractivity contribution in [1.82, 2.24) is 0 Å². The Morgan fingerprint density at radius 2 is 2.00 bits per heavy atom. The highest BCUT2D eigenvalue weighted by molar-refractivity contribution is 5.86. The zero-order valence-corrected chi connectivity index (χ0v) is 10.2. The van der Waals surface area contributed by atoms with Crippen LogP contribution in [0.5, 0.6) is 0 Å². The van der Waals surface area contributed by atoms with Crippen molar-refractivity contribution in [3.05, 3.63) is 39.9 Å². The number of hydrogen-bond acceptors (Lipinski definition) is 6. The second-order valence-electron chi connectivity index (χ2n) is 4.14. The van der Waals surface area contributed by atoms with Crippen LogP contribution in [0.3, 0.4) is 0 Å². The molecular weight excluding hydrogens is 252 g/mol. The van der Waals surface area contributed by atoms with Gasteiger partial charge < -0.3 is 14.7 Å². The van der Waals surface area contributed by atoms with Gasteiger partial charge in [0.1, 0.15) is 0 Å².